The Kier molecular flexibility index (Phi) is 3.59. The number of alkyl halides is 3. The highest BCUT2D eigenvalue weighted by atomic mass is 19.4. The largest absolute Gasteiger partial charge is 0.478 e. The highest BCUT2D eigenvalue weighted by Gasteiger charge is 2.39. The summed E-state index contributed by atoms with van der Waals surface area (Å²) >= 11 is 0. The summed E-state index contributed by atoms with van der Waals surface area (Å²) in [5, 5.41) is 10.0. The van der Waals surface area contributed by atoms with Crippen molar-refractivity contribution in [2.45, 2.75) is 13.1 Å². The number of amides is 1. The van der Waals surface area contributed by atoms with Crippen LogP contribution in [-0.2, 0) is 4.79 Å². The van der Waals surface area contributed by atoms with Gasteiger partial charge in [-0.25, -0.2) is 9.18 Å². The molecule has 0 aliphatic carbocycles. The fourth-order valence-corrected chi connectivity index (χ4v) is 1.26. The second kappa shape index (κ2) is 4.63. The Bertz CT molecular complexity index is 511. The van der Waals surface area contributed by atoms with E-state index < -0.39 is 35.1 Å². The monoisotopic (exact) mass is 265 g/mol. The van der Waals surface area contributed by atoms with E-state index in [1.807, 2.05) is 0 Å². The number of carbonyl (C=O) groups is 2. The lowest BCUT2D eigenvalue weighted by atomic mass is 10.1. The number of hydrogen-bond acceptors (Lipinski definition) is 2. The average Bonchev–Trinajstić information content (AvgIpc) is 2.21. The van der Waals surface area contributed by atoms with Crippen LogP contribution >= 0.6 is 0 Å². The number of hydrogen-bond donors (Lipinski definition) is 2. The number of carboxylic acids is 1. The zero-order chi connectivity index (χ0) is 14.1. The van der Waals surface area contributed by atoms with Crippen molar-refractivity contribution in [3.8, 4) is 0 Å². The molecule has 0 aliphatic heterocycles. The molecule has 0 fully saturated rings. The Morgan fingerprint density at radius 1 is 1.28 bits per heavy atom. The van der Waals surface area contributed by atoms with Crippen molar-refractivity contribution in [3.05, 3.63) is 29.1 Å². The fourth-order valence-electron chi connectivity index (χ4n) is 1.26. The van der Waals surface area contributed by atoms with Gasteiger partial charge < -0.3 is 10.4 Å². The molecule has 0 bridgehead atoms. The van der Waals surface area contributed by atoms with Gasteiger partial charge in [-0.05, 0) is 18.6 Å². The van der Waals surface area contributed by atoms with E-state index >= 15 is 0 Å². The van der Waals surface area contributed by atoms with Gasteiger partial charge in [-0.1, -0.05) is 6.07 Å². The first-order valence-electron chi connectivity index (χ1n) is 4.55. The topological polar surface area (TPSA) is 66.4 Å². The summed E-state index contributed by atoms with van der Waals surface area (Å²) in [4.78, 5) is 21.5. The van der Waals surface area contributed by atoms with Crippen LogP contribution in [0.2, 0.25) is 0 Å². The molecule has 0 aliphatic rings. The Balaban J connectivity index is 3.28. The van der Waals surface area contributed by atoms with Gasteiger partial charge in [0.05, 0.1) is 11.3 Å². The molecule has 8 heteroatoms. The first-order chi connectivity index (χ1) is 8.14. The number of rotatable bonds is 2. The van der Waals surface area contributed by atoms with Gasteiger partial charge in [0, 0.05) is 0 Å². The molecule has 0 unspecified atom stereocenters. The molecule has 1 amide bonds. The number of aryl methyl sites for hydroxylation is 1. The van der Waals surface area contributed by atoms with Crippen LogP contribution in [-0.4, -0.2) is 23.2 Å². The molecule has 1 aromatic carbocycles. The normalized spacial score (nSPS) is 11.2. The summed E-state index contributed by atoms with van der Waals surface area (Å²) in [7, 11) is 0. The van der Waals surface area contributed by atoms with Crippen LogP contribution in [0.5, 0.6) is 0 Å². The molecule has 0 heterocycles. The third-order valence-corrected chi connectivity index (χ3v) is 2.07. The highest BCUT2D eigenvalue weighted by Crippen LogP contribution is 2.26. The van der Waals surface area contributed by atoms with Gasteiger partial charge in [0.2, 0.25) is 0 Å². The predicted octanol–water partition coefficient (Wildman–Crippen LogP) is 2.33. The summed E-state index contributed by atoms with van der Waals surface area (Å²) in [6.07, 6.45) is -5.23. The maximum absolute atomic E-state index is 13.3. The van der Waals surface area contributed by atoms with E-state index in [0.29, 0.717) is 0 Å². The maximum atomic E-state index is 13.3. The van der Waals surface area contributed by atoms with Gasteiger partial charge in [-0.15, -0.1) is 0 Å². The molecule has 2 N–H and O–H groups in total. The third-order valence-electron chi connectivity index (χ3n) is 2.07. The van der Waals surface area contributed by atoms with E-state index in [1.165, 1.54) is 12.2 Å². The van der Waals surface area contributed by atoms with E-state index in [4.69, 9.17) is 5.11 Å². The van der Waals surface area contributed by atoms with Crippen LogP contribution < -0.4 is 5.32 Å². The van der Waals surface area contributed by atoms with Gasteiger partial charge in [0.25, 0.3) is 0 Å². The molecule has 98 valence electrons. The van der Waals surface area contributed by atoms with E-state index in [1.54, 1.807) is 0 Å². The van der Waals surface area contributed by atoms with Crippen molar-refractivity contribution in [3.63, 3.8) is 0 Å². The number of carboxylic acid groups (broad SMARTS) is 1. The molecule has 0 saturated carbocycles. The van der Waals surface area contributed by atoms with Gasteiger partial charge in [-0.2, -0.15) is 13.2 Å². The lowest BCUT2D eigenvalue weighted by Gasteiger charge is -2.12. The second-order valence-electron chi connectivity index (χ2n) is 3.37. The molecule has 4 nitrogen and oxygen atoms in total. The summed E-state index contributed by atoms with van der Waals surface area (Å²) < 4.78 is 49.3. The minimum Gasteiger partial charge on any atom is -0.478 e. The second-order valence-corrected chi connectivity index (χ2v) is 3.37. The number of carbonyl (C=O) groups excluding carboxylic acids is 1. The Morgan fingerprint density at radius 3 is 2.28 bits per heavy atom. The molecule has 0 atom stereocenters. The number of aromatic carboxylic acids is 1. The smallest absolute Gasteiger partial charge is 0.471 e. The fraction of sp³-hybridized carbons (Fsp3) is 0.200. The molecule has 0 radical (unpaired) electrons. The maximum Gasteiger partial charge on any atom is 0.471 e. The summed E-state index contributed by atoms with van der Waals surface area (Å²) in [5.74, 6) is -5.32. The van der Waals surface area contributed by atoms with Gasteiger partial charge in [-0.3, -0.25) is 4.79 Å². The van der Waals surface area contributed by atoms with Crippen molar-refractivity contribution < 1.29 is 32.3 Å². The molecular formula is C10H7F4NO3. The minimum atomic E-state index is -5.23. The van der Waals surface area contributed by atoms with Crippen LogP contribution in [0.1, 0.15) is 15.9 Å². The molecule has 0 spiro atoms. The van der Waals surface area contributed by atoms with Gasteiger partial charge in [0.1, 0.15) is 5.82 Å². The molecular weight excluding hydrogens is 258 g/mol. The van der Waals surface area contributed by atoms with Crippen molar-refractivity contribution in [2.24, 2.45) is 0 Å². The molecule has 1 rings (SSSR count). The lowest BCUT2D eigenvalue weighted by Crippen LogP contribution is -2.31. The van der Waals surface area contributed by atoms with Crippen molar-refractivity contribution in [1.29, 1.82) is 0 Å². The quantitative estimate of drug-likeness (QED) is 0.806. The van der Waals surface area contributed by atoms with Crippen LogP contribution in [0.15, 0.2) is 12.1 Å². The van der Waals surface area contributed by atoms with E-state index in [9.17, 15) is 27.2 Å². The summed E-state index contributed by atoms with van der Waals surface area (Å²) in [5.41, 5.74) is -1.68. The van der Waals surface area contributed by atoms with Crippen LogP contribution in [0.3, 0.4) is 0 Å². The number of anilines is 1. The van der Waals surface area contributed by atoms with E-state index in [2.05, 4.69) is 0 Å². The van der Waals surface area contributed by atoms with Gasteiger partial charge >= 0.3 is 18.1 Å². The number of nitrogens with one attached hydrogen (secondary N) is 1. The molecule has 0 saturated heterocycles. The minimum absolute atomic E-state index is 0.0291. The SMILES string of the molecule is Cc1ccc(F)c(NC(=O)C(F)(F)F)c1C(=O)O. The lowest BCUT2D eigenvalue weighted by molar-refractivity contribution is -0.167. The third kappa shape index (κ3) is 2.76. The zero-order valence-corrected chi connectivity index (χ0v) is 8.93. The number of benzene rings is 1. The van der Waals surface area contributed by atoms with Crippen molar-refractivity contribution in [2.75, 3.05) is 5.32 Å². The Hall–Kier alpha value is -2.12. The first-order valence-corrected chi connectivity index (χ1v) is 4.55. The highest BCUT2D eigenvalue weighted by molar-refractivity contribution is 6.03. The summed E-state index contributed by atoms with van der Waals surface area (Å²) in [6, 6.07) is 1.86. The molecule has 18 heavy (non-hydrogen) atoms. The first kappa shape index (κ1) is 13.9. The van der Waals surface area contributed by atoms with Crippen LogP contribution in [0, 0.1) is 12.7 Å². The van der Waals surface area contributed by atoms with Gasteiger partial charge in [0.15, 0.2) is 0 Å². The summed E-state index contributed by atoms with van der Waals surface area (Å²) in [6.45, 7) is 1.27. The van der Waals surface area contributed by atoms with Crippen LogP contribution in [0.25, 0.3) is 0 Å². The average molecular weight is 265 g/mol. The number of halogens is 4. The zero-order valence-electron chi connectivity index (χ0n) is 8.93. The molecule has 1 aromatic rings. The van der Waals surface area contributed by atoms with Crippen molar-refractivity contribution >= 4 is 17.6 Å². The standard InChI is InChI=1S/C10H7F4NO3/c1-4-2-3-5(11)7(6(4)8(16)17)15-9(18)10(12,13)14/h2-3H,1H3,(H,15,18)(H,16,17). The Labute approximate surface area is 98.2 Å². The van der Waals surface area contributed by atoms with E-state index in [-0.39, 0.29) is 5.56 Å². The van der Waals surface area contributed by atoms with Crippen LogP contribution in [0.4, 0.5) is 23.2 Å². The van der Waals surface area contributed by atoms with E-state index in [0.717, 1.165) is 12.1 Å². The molecule has 0 aromatic heterocycles. The Morgan fingerprint density at radius 2 is 1.83 bits per heavy atom. The predicted molar refractivity (Wildman–Crippen MR) is 52.8 cm³/mol. The van der Waals surface area contributed by atoms with Crippen molar-refractivity contribution in [1.82, 2.24) is 0 Å².